The van der Waals surface area contributed by atoms with Crippen LogP contribution in [-0.4, -0.2) is 34.5 Å². The first kappa shape index (κ1) is 14.5. The monoisotopic (exact) mass is 267 g/mol. The van der Waals surface area contributed by atoms with Gasteiger partial charge < -0.3 is 5.11 Å². The Labute approximate surface area is 115 Å². The van der Waals surface area contributed by atoms with E-state index in [0.29, 0.717) is 5.92 Å². The number of nitrogens with zero attached hydrogens (tertiary/aromatic N) is 1. The molecule has 1 aliphatic carbocycles. The Balaban J connectivity index is 2.07. The summed E-state index contributed by atoms with van der Waals surface area (Å²) in [7, 11) is 0. The van der Waals surface area contributed by atoms with E-state index in [1.165, 1.54) is 4.90 Å². The van der Waals surface area contributed by atoms with E-state index >= 15 is 0 Å². The first-order valence-electron chi connectivity index (χ1n) is 7.29. The van der Waals surface area contributed by atoms with Crippen molar-refractivity contribution in [3.63, 3.8) is 0 Å². The van der Waals surface area contributed by atoms with E-state index in [1.54, 1.807) is 0 Å². The van der Waals surface area contributed by atoms with Crippen molar-refractivity contribution in [2.24, 2.45) is 23.2 Å². The van der Waals surface area contributed by atoms with Crippen LogP contribution in [0.2, 0.25) is 0 Å². The largest absolute Gasteiger partial charge is 0.391 e. The first-order chi connectivity index (χ1) is 8.75. The molecule has 1 aliphatic heterocycles. The fourth-order valence-electron chi connectivity index (χ4n) is 3.16. The zero-order valence-corrected chi connectivity index (χ0v) is 12.3. The van der Waals surface area contributed by atoms with Gasteiger partial charge in [0.2, 0.25) is 11.8 Å². The molecule has 3 atom stereocenters. The average Bonchev–Trinajstić information content (AvgIpc) is 2.83. The predicted molar refractivity (Wildman–Crippen MR) is 72.2 cm³/mol. The maximum absolute atomic E-state index is 12.3. The van der Waals surface area contributed by atoms with Crippen LogP contribution in [0.1, 0.15) is 47.0 Å². The predicted octanol–water partition coefficient (Wildman–Crippen LogP) is 1.81. The molecule has 2 aliphatic rings. The van der Waals surface area contributed by atoms with Crippen LogP contribution >= 0.6 is 0 Å². The number of amides is 2. The highest BCUT2D eigenvalue weighted by atomic mass is 16.3. The topological polar surface area (TPSA) is 57.6 Å². The molecule has 0 radical (unpaired) electrons. The smallest absolute Gasteiger partial charge is 0.233 e. The maximum Gasteiger partial charge on any atom is 0.233 e. The zero-order chi connectivity index (χ0) is 14.4. The molecule has 4 nitrogen and oxygen atoms in total. The number of aliphatic hydroxyl groups is 1. The fraction of sp³-hybridized carbons (Fsp3) is 0.867. The molecular formula is C15H25NO3. The second kappa shape index (κ2) is 4.89. The second-order valence-electron chi connectivity index (χ2n) is 7.13. The molecule has 1 heterocycles. The van der Waals surface area contributed by atoms with Gasteiger partial charge in [-0.05, 0) is 24.2 Å². The van der Waals surface area contributed by atoms with E-state index in [2.05, 4.69) is 6.92 Å². The Morgan fingerprint density at radius 3 is 2.05 bits per heavy atom. The number of imide groups is 1. The molecule has 1 saturated carbocycles. The van der Waals surface area contributed by atoms with E-state index in [4.69, 9.17) is 0 Å². The molecule has 3 unspecified atom stereocenters. The first-order valence-corrected chi connectivity index (χ1v) is 7.29. The van der Waals surface area contributed by atoms with Crippen molar-refractivity contribution in [1.29, 1.82) is 0 Å². The summed E-state index contributed by atoms with van der Waals surface area (Å²) in [6.07, 6.45) is 2.06. The third-order valence-electron chi connectivity index (χ3n) is 4.76. The lowest BCUT2D eigenvalue weighted by atomic mass is 9.89. The number of carbonyl (C=O) groups is 2. The highest BCUT2D eigenvalue weighted by Crippen LogP contribution is 2.44. The zero-order valence-electron chi connectivity index (χ0n) is 12.3. The van der Waals surface area contributed by atoms with Crippen LogP contribution in [0.25, 0.3) is 0 Å². The Kier molecular flexibility index (Phi) is 3.74. The van der Waals surface area contributed by atoms with Gasteiger partial charge in [-0.25, -0.2) is 0 Å². The molecule has 0 aromatic heterocycles. The third kappa shape index (κ3) is 2.55. The number of hydrogen-bond donors (Lipinski definition) is 1. The SMILES string of the molecule is CCC1CC2C(=O)N(CC(O)C(C)(C)C)C(=O)C2C1. The standard InChI is InChI=1S/C15H25NO3/c1-5-9-6-10-11(7-9)14(19)16(13(10)18)8-12(17)15(2,3)4/h9-12,17H,5-8H2,1-4H3. The molecule has 1 N–H and O–H groups in total. The summed E-state index contributed by atoms with van der Waals surface area (Å²) in [4.78, 5) is 25.9. The van der Waals surface area contributed by atoms with E-state index < -0.39 is 6.10 Å². The van der Waals surface area contributed by atoms with Crippen LogP contribution in [0.5, 0.6) is 0 Å². The molecule has 108 valence electrons. The third-order valence-corrected chi connectivity index (χ3v) is 4.76. The van der Waals surface area contributed by atoms with Gasteiger partial charge in [-0.1, -0.05) is 34.1 Å². The summed E-state index contributed by atoms with van der Waals surface area (Å²) in [5.41, 5.74) is -0.315. The van der Waals surface area contributed by atoms with E-state index in [0.717, 1.165) is 19.3 Å². The highest BCUT2D eigenvalue weighted by Gasteiger charge is 2.52. The summed E-state index contributed by atoms with van der Waals surface area (Å²) < 4.78 is 0. The van der Waals surface area contributed by atoms with E-state index in [1.807, 2.05) is 20.8 Å². The quantitative estimate of drug-likeness (QED) is 0.793. The van der Waals surface area contributed by atoms with Crippen molar-refractivity contribution in [2.45, 2.75) is 53.1 Å². The van der Waals surface area contributed by atoms with Gasteiger partial charge in [0.05, 0.1) is 24.5 Å². The van der Waals surface area contributed by atoms with Gasteiger partial charge in [-0.15, -0.1) is 0 Å². The number of rotatable bonds is 3. The van der Waals surface area contributed by atoms with Crippen LogP contribution in [0.4, 0.5) is 0 Å². The lowest BCUT2D eigenvalue weighted by Crippen LogP contribution is -2.43. The van der Waals surface area contributed by atoms with Crippen molar-refractivity contribution in [2.75, 3.05) is 6.54 Å². The number of carbonyl (C=O) groups excluding carboxylic acids is 2. The minimum absolute atomic E-state index is 0.0609. The lowest BCUT2D eigenvalue weighted by molar-refractivity contribution is -0.143. The van der Waals surface area contributed by atoms with Gasteiger partial charge in [0.25, 0.3) is 0 Å². The van der Waals surface area contributed by atoms with Crippen LogP contribution in [0.3, 0.4) is 0 Å². The molecule has 2 rings (SSSR count). The number of fused-ring (bicyclic) bond motifs is 1. The number of aliphatic hydroxyl groups excluding tert-OH is 1. The van der Waals surface area contributed by atoms with Gasteiger partial charge in [0.1, 0.15) is 0 Å². The highest BCUT2D eigenvalue weighted by molar-refractivity contribution is 6.05. The number of β-amino-alcohol motifs (C(OH)–C–C–N with tert-alkyl or cyclic N) is 1. The Morgan fingerprint density at radius 2 is 1.68 bits per heavy atom. The fourth-order valence-corrected chi connectivity index (χ4v) is 3.16. The molecule has 19 heavy (non-hydrogen) atoms. The van der Waals surface area contributed by atoms with E-state index in [9.17, 15) is 14.7 Å². The molecule has 2 amide bonds. The van der Waals surface area contributed by atoms with Crippen molar-refractivity contribution >= 4 is 11.8 Å². The van der Waals surface area contributed by atoms with Gasteiger partial charge in [-0.2, -0.15) is 0 Å². The molecular weight excluding hydrogens is 242 g/mol. The molecule has 4 heteroatoms. The molecule has 0 aromatic carbocycles. The van der Waals surface area contributed by atoms with Crippen LogP contribution in [0, 0.1) is 23.2 Å². The minimum Gasteiger partial charge on any atom is -0.391 e. The molecule has 0 spiro atoms. The van der Waals surface area contributed by atoms with Gasteiger partial charge >= 0.3 is 0 Å². The van der Waals surface area contributed by atoms with Gasteiger partial charge in [-0.3, -0.25) is 14.5 Å². The normalized spacial score (nSPS) is 32.9. The Bertz CT molecular complexity index is 361. The van der Waals surface area contributed by atoms with Crippen molar-refractivity contribution in [1.82, 2.24) is 4.90 Å². The average molecular weight is 267 g/mol. The van der Waals surface area contributed by atoms with Crippen molar-refractivity contribution < 1.29 is 14.7 Å². The van der Waals surface area contributed by atoms with Crippen molar-refractivity contribution in [3.8, 4) is 0 Å². The second-order valence-corrected chi connectivity index (χ2v) is 7.13. The van der Waals surface area contributed by atoms with Crippen LogP contribution in [-0.2, 0) is 9.59 Å². The maximum atomic E-state index is 12.3. The van der Waals surface area contributed by atoms with Gasteiger partial charge in [0, 0.05) is 0 Å². The minimum atomic E-state index is -0.666. The molecule has 0 aromatic rings. The Hall–Kier alpha value is -0.900. The molecule has 0 bridgehead atoms. The lowest BCUT2D eigenvalue weighted by Gasteiger charge is -2.29. The number of likely N-dealkylation sites (tertiary alicyclic amines) is 1. The van der Waals surface area contributed by atoms with Crippen molar-refractivity contribution in [3.05, 3.63) is 0 Å². The van der Waals surface area contributed by atoms with Crippen LogP contribution < -0.4 is 0 Å². The summed E-state index contributed by atoms with van der Waals surface area (Å²) in [5.74, 6) is 0.148. The summed E-state index contributed by atoms with van der Waals surface area (Å²) in [5, 5.41) is 10.1. The summed E-state index contributed by atoms with van der Waals surface area (Å²) in [6.45, 7) is 8.00. The Morgan fingerprint density at radius 1 is 1.21 bits per heavy atom. The molecule has 2 fully saturated rings. The number of hydrogen-bond acceptors (Lipinski definition) is 3. The molecule has 1 saturated heterocycles. The van der Waals surface area contributed by atoms with Gasteiger partial charge in [0.15, 0.2) is 0 Å². The summed E-state index contributed by atoms with van der Waals surface area (Å²) in [6, 6.07) is 0. The van der Waals surface area contributed by atoms with Crippen LogP contribution in [0.15, 0.2) is 0 Å². The summed E-state index contributed by atoms with van der Waals surface area (Å²) >= 11 is 0. The van der Waals surface area contributed by atoms with E-state index in [-0.39, 0.29) is 35.6 Å².